The number of hydrogen-bond acceptors (Lipinski definition) is 5. The minimum absolute atomic E-state index is 0.0603. The number of rotatable bonds is 8. The Kier molecular flexibility index (Phi) is 7.09. The van der Waals surface area contributed by atoms with Crippen LogP contribution >= 0.6 is 0 Å². The molecule has 34 heavy (non-hydrogen) atoms. The number of amides is 1. The van der Waals surface area contributed by atoms with Gasteiger partial charge in [0, 0.05) is 19.2 Å². The second kappa shape index (κ2) is 10.4. The van der Waals surface area contributed by atoms with Crippen LogP contribution in [0.5, 0.6) is 5.75 Å². The Morgan fingerprint density at radius 2 is 1.71 bits per heavy atom. The molecule has 1 saturated heterocycles. The molecule has 174 valence electrons. The Morgan fingerprint density at radius 1 is 0.971 bits per heavy atom. The quantitative estimate of drug-likeness (QED) is 0.303. The second-order valence-corrected chi connectivity index (χ2v) is 8.20. The third-order valence-electron chi connectivity index (χ3n) is 5.82. The van der Waals surface area contributed by atoms with Crippen LogP contribution in [0.3, 0.4) is 0 Å². The first kappa shape index (κ1) is 23.3. The molecular formula is C28H27NO5. The van der Waals surface area contributed by atoms with Crippen molar-refractivity contribution in [3.63, 3.8) is 0 Å². The number of ketones is 1. The number of aliphatic hydroxyl groups excluding tert-OH is 1. The Balaban J connectivity index is 1.73. The second-order valence-electron chi connectivity index (χ2n) is 8.20. The molecule has 0 bridgehead atoms. The number of hydrogen-bond donors (Lipinski definition) is 1. The maximum Gasteiger partial charge on any atom is 0.295 e. The fourth-order valence-corrected chi connectivity index (χ4v) is 4.03. The molecule has 1 N–H and O–H groups in total. The van der Waals surface area contributed by atoms with E-state index in [0.29, 0.717) is 23.5 Å². The molecule has 1 amide bonds. The highest BCUT2D eigenvalue weighted by atomic mass is 16.5. The Hall–Kier alpha value is -3.90. The van der Waals surface area contributed by atoms with E-state index in [2.05, 4.69) is 0 Å². The van der Waals surface area contributed by atoms with Crippen molar-refractivity contribution in [3.8, 4) is 5.75 Å². The van der Waals surface area contributed by atoms with Crippen molar-refractivity contribution in [1.29, 1.82) is 0 Å². The van der Waals surface area contributed by atoms with Crippen molar-refractivity contribution in [2.75, 3.05) is 20.3 Å². The topological polar surface area (TPSA) is 76.1 Å². The third-order valence-corrected chi connectivity index (χ3v) is 5.82. The lowest BCUT2D eigenvalue weighted by atomic mass is 9.95. The maximum atomic E-state index is 13.1. The minimum Gasteiger partial charge on any atom is -0.507 e. The average Bonchev–Trinajstić information content (AvgIpc) is 3.12. The Labute approximate surface area is 199 Å². The molecular weight excluding hydrogens is 430 g/mol. The summed E-state index contributed by atoms with van der Waals surface area (Å²) >= 11 is 0. The zero-order valence-corrected chi connectivity index (χ0v) is 19.2. The molecule has 3 aromatic rings. The van der Waals surface area contributed by atoms with Gasteiger partial charge in [0.15, 0.2) is 0 Å². The Bertz CT molecular complexity index is 1200. The van der Waals surface area contributed by atoms with Crippen LogP contribution in [0.4, 0.5) is 0 Å². The summed E-state index contributed by atoms with van der Waals surface area (Å²) in [4.78, 5) is 27.4. The number of Topliss-reactive ketones (excluding diaryl/α,β-unsaturated/α-hetero) is 1. The summed E-state index contributed by atoms with van der Waals surface area (Å²) in [5, 5.41) is 11.1. The van der Waals surface area contributed by atoms with Crippen LogP contribution in [-0.2, 0) is 20.9 Å². The van der Waals surface area contributed by atoms with Crippen molar-refractivity contribution in [1.82, 2.24) is 4.90 Å². The zero-order chi connectivity index (χ0) is 24.1. The van der Waals surface area contributed by atoms with Crippen LogP contribution in [0.25, 0.3) is 5.76 Å². The first-order valence-corrected chi connectivity index (χ1v) is 11.1. The van der Waals surface area contributed by atoms with E-state index in [0.717, 1.165) is 11.1 Å². The van der Waals surface area contributed by atoms with Crippen LogP contribution in [0.1, 0.15) is 28.3 Å². The predicted octanol–water partition coefficient (Wildman–Crippen LogP) is 4.64. The number of carbonyl (C=O) groups is 2. The molecule has 0 radical (unpaired) electrons. The van der Waals surface area contributed by atoms with Crippen LogP contribution in [0.2, 0.25) is 0 Å². The normalized spacial score (nSPS) is 17.2. The van der Waals surface area contributed by atoms with E-state index in [1.54, 1.807) is 12.1 Å². The number of nitrogens with zero attached hydrogens (tertiary/aromatic N) is 1. The summed E-state index contributed by atoms with van der Waals surface area (Å²) < 4.78 is 11.1. The van der Waals surface area contributed by atoms with Crippen molar-refractivity contribution in [3.05, 3.63) is 107 Å². The van der Waals surface area contributed by atoms with E-state index in [1.807, 2.05) is 73.7 Å². The zero-order valence-electron chi connectivity index (χ0n) is 19.2. The number of ether oxygens (including phenoxy) is 2. The number of aryl methyl sites for hydroxylation is 1. The van der Waals surface area contributed by atoms with E-state index in [9.17, 15) is 14.7 Å². The van der Waals surface area contributed by atoms with Gasteiger partial charge in [0.2, 0.25) is 0 Å². The number of methoxy groups -OCH3 is 1. The van der Waals surface area contributed by atoms with Gasteiger partial charge in [-0.1, -0.05) is 72.3 Å². The van der Waals surface area contributed by atoms with Gasteiger partial charge in [0.25, 0.3) is 11.7 Å². The molecule has 3 aromatic carbocycles. The summed E-state index contributed by atoms with van der Waals surface area (Å²) in [6.07, 6.45) is 0. The van der Waals surface area contributed by atoms with Gasteiger partial charge >= 0.3 is 0 Å². The van der Waals surface area contributed by atoms with Gasteiger partial charge in [-0.3, -0.25) is 9.59 Å². The van der Waals surface area contributed by atoms with E-state index in [-0.39, 0.29) is 24.5 Å². The van der Waals surface area contributed by atoms with Crippen LogP contribution < -0.4 is 4.74 Å². The first-order valence-electron chi connectivity index (χ1n) is 11.1. The molecule has 1 heterocycles. The molecule has 0 aromatic heterocycles. The molecule has 4 rings (SSSR count). The van der Waals surface area contributed by atoms with E-state index in [1.165, 1.54) is 12.0 Å². The molecule has 1 atom stereocenters. The third kappa shape index (κ3) is 4.87. The van der Waals surface area contributed by atoms with Crippen LogP contribution in [-0.4, -0.2) is 42.0 Å². The van der Waals surface area contributed by atoms with Crippen molar-refractivity contribution in [2.24, 2.45) is 0 Å². The largest absolute Gasteiger partial charge is 0.507 e. The molecule has 0 saturated carbocycles. The highest BCUT2D eigenvalue weighted by Gasteiger charge is 2.46. The molecule has 6 heteroatoms. The number of carbonyl (C=O) groups excluding carboxylic acids is 2. The smallest absolute Gasteiger partial charge is 0.295 e. The van der Waals surface area contributed by atoms with Crippen LogP contribution in [0.15, 0.2) is 84.4 Å². The highest BCUT2D eigenvalue weighted by molar-refractivity contribution is 6.46. The van der Waals surface area contributed by atoms with Crippen molar-refractivity contribution in [2.45, 2.75) is 19.6 Å². The average molecular weight is 458 g/mol. The molecule has 1 aliphatic heterocycles. The fraction of sp³-hybridized carbons (Fsp3) is 0.214. The van der Waals surface area contributed by atoms with E-state index >= 15 is 0 Å². The van der Waals surface area contributed by atoms with Crippen molar-refractivity contribution < 1.29 is 24.2 Å². The summed E-state index contributed by atoms with van der Waals surface area (Å²) in [6.45, 7) is 2.80. The number of likely N-dealkylation sites (tertiary alicyclic amines) is 1. The summed E-state index contributed by atoms with van der Waals surface area (Å²) in [5.41, 5.74) is 3.27. The van der Waals surface area contributed by atoms with Gasteiger partial charge in [-0.05, 0) is 30.2 Å². The van der Waals surface area contributed by atoms with Gasteiger partial charge in [-0.15, -0.1) is 0 Å². The predicted molar refractivity (Wildman–Crippen MR) is 129 cm³/mol. The number of benzene rings is 3. The molecule has 1 fully saturated rings. The molecule has 1 unspecified atom stereocenters. The van der Waals surface area contributed by atoms with Gasteiger partial charge in [-0.25, -0.2) is 0 Å². The summed E-state index contributed by atoms with van der Waals surface area (Å²) in [5.74, 6) is -0.964. The molecule has 6 nitrogen and oxygen atoms in total. The molecule has 0 spiro atoms. The lowest BCUT2D eigenvalue weighted by molar-refractivity contribution is -0.140. The lowest BCUT2D eigenvalue weighted by Gasteiger charge is -2.25. The Morgan fingerprint density at radius 3 is 2.41 bits per heavy atom. The van der Waals surface area contributed by atoms with E-state index < -0.39 is 17.7 Å². The van der Waals surface area contributed by atoms with Crippen LogP contribution in [0, 0.1) is 6.92 Å². The SMILES string of the molecule is COCCN1C(=O)C(=O)/C(=C(\O)c2ccc(C)cc2)C1c1cccc(OCc2ccccc2)c1. The summed E-state index contributed by atoms with van der Waals surface area (Å²) in [7, 11) is 1.54. The molecule has 0 aliphatic carbocycles. The summed E-state index contributed by atoms with van der Waals surface area (Å²) in [6, 6.07) is 23.5. The van der Waals surface area contributed by atoms with Gasteiger partial charge < -0.3 is 19.5 Å². The molecule has 1 aliphatic rings. The minimum atomic E-state index is -0.753. The van der Waals surface area contributed by atoms with Gasteiger partial charge in [-0.2, -0.15) is 0 Å². The standard InChI is InChI=1S/C28H27NO5/c1-19-11-13-21(14-12-19)26(30)24-25(29(15-16-33-2)28(32)27(24)31)22-9-6-10-23(17-22)34-18-20-7-4-3-5-8-20/h3-14,17,25,30H,15-16,18H2,1-2H3/b26-24-. The maximum absolute atomic E-state index is 13.1. The van der Waals surface area contributed by atoms with Gasteiger partial charge in [0.1, 0.15) is 18.1 Å². The number of aliphatic hydroxyl groups is 1. The lowest BCUT2D eigenvalue weighted by Crippen LogP contribution is -2.32. The first-order chi connectivity index (χ1) is 16.5. The van der Waals surface area contributed by atoms with Crippen molar-refractivity contribution >= 4 is 17.4 Å². The van der Waals surface area contributed by atoms with Gasteiger partial charge in [0.05, 0.1) is 18.2 Å². The highest BCUT2D eigenvalue weighted by Crippen LogP contribution is 2.40. The van der Waals surface area contributed by atoms with E-state index in [4.69, 9.17) is 9.47 Å². The fourth-order valence-electron chi connectivity index (χ4n) is 4.03. The monoisotopic (exact) mass is 457 g/mol.